The van der Waals surface area contributed by atoms with Crippen LogP contribution in [0.4, 0.5) is 5.69 Å². The van der Waals surface area contributed by atoms with Crippen molar-refractivity contribution in [3.63, 3.8) is 0 Å². The third kappa shape index (κ3) is 8.49. The second kappa shape index (κ2) is 10.7. The summed E-state index contributed by atoms with van der Waals surface area (Å²) in [7, 11) is 0. The Morgan fingerprint density at radius 1 is 0.947 bits per heavy atom. The summed E-state index contributed by atoms with van der Waals surface area (Å²) in [6.45, 7) is 5.00. The number of nitrogens with one attached hydrogen (secondary N) is 1. The number of unbranched alkanes of at least 4 members (excludes halogenated alkanes) is 4. The normalized spacial score (nSPS) is 10.6. The Kier molecular flexibility index (Phi) is 8.90. The van der Waals surface area contributed by atoms with E-state index in [2.05, 4.69) is 12.2 Å². The standard InChI is InChI=1S/C16H27NO2/c1-2-3-13-19-14-7-5-4-6-12-17-15-8-10-16(18)11-9-15/h8-11,17-18H,2-7,12-14H2,1H3. The molecule has 3 nitrogen and oxygen atoms in total. The van der Waals surface area contributed by atoms with Gasteiger partial charge in [-0.25, -0.2) is 0 Å². The van der Waals surface area contributed by atoms with Crippen molar-refractivity contribution in [1.29, 1.82) is 0 Å². The van der Waals surface area contributed by atoms with Crippen LogP contribution < -0.4 is 5.32 Å². The smallest absolute Gasteiger partial charge is 0.115 e. The molecule has 0 saturated carbocycles. The lowest BCUT2D eigenvalue weighted by atomic mass is 10.2. The number of rotatable bonds is 11. The summed E-state index contributed by atoms with van der Waals surface area (Å²) in [6.07, 6.45) is 7.21. The van der Waals surface area contributed by atoms with Crippen molar-refractivity contribution >= 4 is 5.69 Å². The zero-order valence-corrected chi connectivity index (χ0v) is 12.0. The molecule has 0 unspecified atom stereocenters. The number of anilines is 1. The first-order chi connectivity index (χ1) is 9.33. The molecular formula is C16H27NO2. The number of benzene rings is 1. The molecule has 0 heterocycles. The highest BCUT2D eigenvalue weighted by molar-refractivity contribution is 5.45. The van der Waals surface area contributed by atoms with Crippen LogP contribution in [0.5, 0.6) is 5.75 Å². The van der Waals surface area contributed by atoms with Crippen LogP contribution in [-0.4, -0.2) is 24.9 Å². The van der Waals surface area contributed by atoms with Gasteiger partial charge in [0.15, 0.2) is 0 Å². The van der Waals surface area contributed by atoms with E-state index in [0.29, 0.717) is 5.75 Å². The van der Waals surface area contributed by atoms with E-state index in [-0.39, 0.29) is 0 Å². The molecule has 0 amide bonds. The van der Waals surface area contributed by atoms with Gasteiger partial charge in [0, 0.05) is 25.4 Å². The van der Waals surface area contributed by atoms with Crippen molar-refractivity contribution in [2.75, 3.05) is 25.1 Å². The zero-order valence-electron chi connectivity index (χ0n) is 12.0. The molecule has 0 saturated heterocycles. The van der Waals surface area contributed by atoms with Crippen LogP contribution in [0.15, 0.2) is 24.3 Å². The van der Waals surface area contributed by atoms with Crippen LogP contribution in [0.25, 0.3) is 0 Å². The molecule has 1 aromatic rings. The first-order valence-corrected chi connectivity index (χ1v) is 7.43. The van der Waals surface area contributed by atoms with Crippen LogP contribution in [0, 0.1) is 0 Å². The zero-order chi connectivity index (χ0) is 13.8. The number of ether oxygens (including phenoxy) is 1. The lowest BCUT2D eigenvalue weighted by Crippen LogP contribution is -2.01. The van der Waals surface area contributed by atoms with Gasteiger partial charge in [0.25, 0.3) is 0 Å². The molecule has 1 rings (SSSR count). The van der Waals surface area contributed by atoms with E-state index in [1.807, 2.05) is 12.1 Å². The number of hydrogen-bond donors (Lipinski definition) is 2. The molecule has 19 heavy (non-hydrogen) atoms. The summed E-state index contributed by atoms with van der Waals surface area (Å²) in [5.41, 5.74) is 1.07. The molecule has 0 atom stereocenters. The van der Waals surface area contributed by atoms with Crippen LogP contribution >= 0.6 is 0 Å². The molecule has 3 heteroatoms. The molecular weight excluding hydrogens is 238 g/mol. The number of phenolic OH excluding ortho intramolecular Hbond substituents is 1. The van der Waals surface area contributed by atoms with Crippen molar-refractivity contribution in [3.05, 3.63) is 24.3 Å². The van der Waals surface area contributed by atoms with Crippen molar-refractivity contribution in [2.24, 2.45) is 0 Å². The maximum atomic E-state index is 9.16. The Bertz CT molecular complexity index is 311. The molecule has 0 radical (unpaired) electrons. The molecule has 0 aromatic heterocycles. The third-order valence-corrected chi connectivity index (χ3v) is 3.05. The summed E-state index contributed by atoms with van der Waals surface area (Å²) in [5.74, 6) is 0.314. The highest BCUT2D eigenvalue weighted by Gasteiger charge is 1.94. The summed E-state index contributed by atoms with van der Waals surface area (Å²) in [5, 5.41) is 12.5. The minimum Gasteiger partial charge on any atom is -0.508 e. The maximum Gasteiger partial charge on any atom is 0.115 e. The van der Waals surface area contributed by atoms with Crippen molar-refractivity contribution in [1.82, 2.24) is 0 Å². The summed E-state index contributed by atoms with van der Waals surface area (Å²) >= 11 is 0. The summed E-state index contributed by atoms with van der Waals surface area (Å²) in [4.78, 5) is 0. The molecule has 0 aliphatic heterocycles. The van der Waals surface area contributed by atoms with E-state index in [4.69, 9.17) is 9.84 Å². The fourth-order valence-corrected chi connectivity index (χ4v) is 1.84. The van der Waals surface area contributed by atoms with Gasteiger partial charge >= 0.3 is 0 Å². The fraction of sp³-hybridized carbons (Fsp3) is 0.625. The van der Waals surface area contributed by atoms with Gasteiger partial charge in [-0.3, -0.25) is 0 Å². The molecule has 108 valence electrons. The second-order valence-electron chi connectivity index (χ2n) is 4.85. The molecule has 0 fully saturated rings. The Morgan fingerprint density at radius 3 is 2.37 bits per heavy atom. The molecule has 0 spiro atoms. The van der Waals surface area contributed by atoms with Gasteiger partial charge in [-0.2, -0.15) is 0 Å². The van der Waals surface area contributed by atoms with Gasteiger partial charge in [0.05, 0.1) is 0 Å². The maximum absolute atomic E-state index is 9.16. The number of aromatic hydroxyl groups is 1. The summed E-state index contributed by atoms with van der Waals surface area (Å²) < 4.78 is 5.52. The van der Waals surface area contributed by atoms with Crippen molar-refractivity contribution in [3.8, 4) is 5.75 Å². The van der Waals surface area contributed by atoms with Crippen LogP contribution in [0.2, 0.25) is 0 Å². The minimum atomic E-state index is 0.314. The Labute approximate surface area is 117 Å². The highest BCUT2D eigenvalue weighted by Crippen LogP contribution is 2.13. The number of phenols is 1. The lowest BCUT2D eigenvalue weighted by Gasteiger charge is -2.06. The minimum absolute atomic E-state index is 0.314. The van der Waals surface area contributed by atoms with E-state index in [0.717, 1.165) is 25.4 Å². The lowest BCUT2D eigenvalue weighted by molar-refractivity contribution is 0.127. The van der Waals surface area contributed by atoms with Gasteiger partial charge in [0.2, 0.25) is 0 Å². The average molecular weight is 265 g/mol. The fourth-order valence-electron chi connectivity index (χ4n) is 1.84. The van der Waals surface area contributed by atoms with Crippen LogP contribution in [-0.2, 0) is 4.74 Å². The van der Waals surface area contributed by atoms with Crippen molar-refractivity contribution in [2.45, 2.75) is 45.4 Å². The van der Waals surface area contributed by atoms with Gasteiger partial charge in [0.1, 0.15) is 5.75 Å². The van der Waals surface area contributed by atoms with Gasteiger partial charge in [-0.1, -0.05) is 26.2 Å². The Balaban J connectivity index is 1.87. The summed E-state index contributed by atoms with van der Waals surface area (Å²) in [6, 6.07) is 7.21. The number of hydrogen-bond acceptors (Lipinski definition) is 3. The molecule has 0 bridgehead atoms. The quantitative estimate of drug-likeness (QED) is 0.466. The Morgan fingerprint density at radius 2 is 1.63 bits per heavy atom. The first-order valence-electron chi connectivity index (χ1n) is 7.43. The molecule has 0 aliphatic rings. The van der Waals surface area contributed by atoms with E-state index in [9.17, 15) is 0 Å². The monoisotopic (exact) mass is 265 g/mol. The van der Waals surface area contributed by atoms with Crippen molar-refractivity contribution < 1.29 is 9.84 Å². The first kappa shape index (κ1) is 15.8. The van der Waals surface area contributed by atoms with Crippen LogP contribution in [0.3, 0.4) is 0 Å². The van der Waals surface area contributed by atoms with Gasteiger partial charge < -0.3 is 15.2 Å². The predicted octanol–water partition coefficient (Wildman–Crippen LogP) is 4.18. The highest BCUT2D eigenvalue weighted by atomic mass is 16.5. The molecule has 1 aromatic carbocycles. The van der Waals surface area contributed by atoms with Crippen LogP contribution in [0.1, 0.15) is 45.4 Å². The third-order valence-electron chi connectivity index (χ3n) is 3.05. The van der Waals surface area contributed by atoms with E-state index >= 15 is 0 Å². The van der Waals surface area contributed by atoms with E-state index < -0.39 is 0 Å². The van der Waals surface area contributed by atoms with Gasteiger partial charge in [-0.05, 0) is 43.5 Å². The average Bonchev–Trinajstić information content (AvgIpc) is 2.43. The largest absolute Gasteiger partial charge is 0.508 e. The van der Waals surface area contributed by atoms with Gasteiger partial charge in [-0.15, -0.1) is 0 Å². The van der Waals surface area contributed by atoms with E-state index in [1.54, 1.807) is 12.1 Å². The van der Waals surface area contributed by atoms with E-state index in [1.165, 1.54) is 38.5 Å². The predicted molar refractivity (Wildman–Crippen MR) is 80.8 cm³/mol. The SMILES string of the molecule is CCCCOCCCCCCNc1ccc(O)cc1. The Hall–Kier alpha value is -1.22. The topological polar surface area (TPSA) is 41.5 Å². The second-order valence-corrected chi connectivity index (χ2v) is 4.85. The molecule has 0 aliphatic carbocycles. The molecule has 2 N–H and O–H groups in total.